The number of esters is 1. The van der Waals surface area contributed by atoms with Crippen LogP contribution in [0.25, 0.3) is 17.5 Å². The molecule has 1 aromatic heterocycles. The van der Waals surface area contributed by atoms with Crippen molar-refractivity contribution < 1.29 is 23.4 Å². The Hall–Kier alpha value is -3.54. The maximum atomic E-state index is 12.0. The maximum absolute atomic E-state index is 12.0. The van der Waals surface area contributed by atoms with Crippen molar-refractivity contribution >= 4 is 12.0 Å². The molecule has 0 atom stereocenters. The van der Waals surface area contributed by atoms with Gasteiger partial charge in [-0.05, 0) is 42.8 Å². The molecule has 142 valence electrons. The molecule has 6 nitrogen and oxygen atoms in total. The highest BCUT2D eigenvalue weighted by Crippen LogP contribution is 2.31. The van der Waals surface area contributed by atoms with Gasteiger partial charge in [-0.25, -0.2) is 9.78 Å². The standard InChI is InChI=1S/C22H19NO5/c1-15-18(23-22(28-15)17-5-3-2-4-6-17)14-27-21(24)10-8-16-7-9-19-20(13-16)26-12-11-25-19/h2-10,13H,11-12,14H2,1H3/b10-8-. The SMILES string of the molecule is Cc1oc(-c2ccccc2)nc1COC(=O)/C=C\c1ccc2c(c1)OCCO2. The Bertz CT molecular complexity index is 1010. The molecule has 1 aliphatic rings. The summed E-state index contributed by atoms with van der Waals surface area (Å²) in [6.45, 7) is 2.91. The fourth-order valence-corrected chi connectivity index (χ4v) is 2.78. The van der Waals surface area contributed by atoms with E-state index in [1.54, 1.807) is 13.0 Å². The summed E-state index contributed by atoms with van der Waals surface area (Å²) in [6, 6.07) is 15.1. The number of aryl methyl sites for hydroxylation is 1. The summed E-state index contributed by atoms with van der Waals surface area (Å²) in [5, 5.41) is 0. The molecular formula is C22H19NO5. The highest BCUT2D eigenvalue weighted by atomic mass is 16.6. The number of aromatic nitrogens is 1. The lowest BCUT2D eigenvalue weighted by Crippen LogP contribution is -2.15. The van der Waals surface area contributed by atoms with Gasteiger partial charge in [0, 0.05) is 11.6 Å². The lowest BCUT2D eigenvalue weighted by atomic mass is 10.2. The average molecular weight is 377 g/mol. The fraction of sp³-hybridized carbons (Fsp3) is 0.182. The van der Waals surface area contributed by atoms with E-state index in [4.69, 9.17) is 18.6 Å². The molecule has 2 aromatic carbocycles. The van der Waals surface area contributed by atoms with Crippen LogP contribution in [0.15, 0.2) is 59.0 Å². The molecule has 1 aliphatic heterocycles. The Morgan fingerprint density at radius 1 is 1.11 bits per heavy atom. The Labute approximate surface area is 162 Å². The van der Waals surface area contributed by atoms with Gasteiger partial charge < -0.3 is 18.6 Å². The van der Waals surface area contributed by atoms with Crippen molar-refractivity contribution in [1.29, 1.82) is 0 Å². The molecule has 0 amide bonds. The Morgan fingerprint density at radius 3 is 2.71 bits per heavy atom. The highest BCUT2D eigenvalue weighted by molar-refractivity contribution is 5.87. The number of hydrogen-bond acceptors (Lipinski definition) is 6. The van der Waals surface area contributed by atoms with Crippen LogP contribution in [-0.2, 0) is 16.1 Å². The summed E-state index contributed by atoms with van der Waals surface area (Å²) in [7, 11) is 0. The minimum atomic E-state index is -0.460. The molecule has 2 heterocycles. The lowest BCUT2D eigenvalue weighted by molar-refractivity contribution is -0.139. The number of fused-ring (bicyclic) bond motifs is 1. The van der Waals surface area contributed by atoms with Crippen molar-refractivity contribution in [2.24, 2.45) is 0 Å². The molecule has 3 aromatic rings. The summed E-state index contributed by atoms with van der Waals surface area (Å²) in [4.78, 5) is 16.5. The third kappa shape index (κ3) is 4.06. The van der Waals surface area contributed by atoms with E-state index >= 15 is 0 Å². The molecule has 4 rings (SSSR count). The number of benzene rings is 2. The van der Waals surface area contributed by atoms with Crippen LogP contribution in [0, 0.1) is 6.92 Å². The minimum absolute atomic E-state index is 0.0481. The first-order valence-corrected chi connectivity index (χ1v) is 8.95. The van der Waals surface area contributed by atoms with Crippen LogP contribution < -0.4 is 9.47 Å². The number of carbonyl (C=O) groups is 1. The molecular weight excluding hydrogens is 358 g/mol. The molecule has 0 N–H and O–H groups in total. The molecule has 6 heteroatoms. The molecule has 0 radical (unpaired) electrons. The first-order chi connectivity index (χ1) is 13.7. The van der Waals surface area contributed by atoms with E-state index in [0.29, 0.717) is 42.1 Å². The first kappa shape index (κ1) is 17.9. The number of nitrogens with zero attached hydrogens (tertiary/aromatic N) is 1. The lowest BCUT2D eigenvalue weighted by Gasteiger charge is -2.18. The predicted octanol–water partition coefficient (Wildman–Crippen LogP) is 4.18. The van der Waals surface area contributed by atoms with E-state index in [0.717, 1.165) is 11.1 Å². The zero-order chi connectivity index (χ0) is 19.3. The van der Waals surface area contributed by atoms with Crippen LogP contribution >= 0.6 is 0 Å². The molecule has 0 unspecified atom stereocenters. The predicted molar refractivity (Wildman–Crippen MR) is 103 cm³/mol. The Balaban J connectivity index is 1.37. The van der Waals surface area contributed by atoms with Crippen LogP contribution in [0.4, 0.5) is 0 Å². The third-order valence-electron chi connectivity index (χ3n) is 4.24. The van der Waals surface area contributed by atoms with Crippen molar-refractivity contribution in [3.05, 3.63) is 71.6 Å². The van der Waals surface area contributed by atoms with Gasteiger partial charge in [0.1, 0.15) is 31.3 Å². The second kappa shape index (κ2) is 8.00. The summed E-state index contributed by atoms with van der Waals surface area (Å²) in [5.41, 5.74) is 2.30. The third-order valence-corrected chi connectivity index (χ3v) is 4.24. The van der Waals surface area contributed by atoms with E-state index in [2.05, 4.69) is 4.98 Å². The van der Waals surface area contributed by atoms with E-state index in [1.807, 2.05) is 48.5 Å². The van der Waals surface area contributed by atoms with Crippen LogP contribution in [-0.4, -0.2) is 24.2 Å². The smallest absolute Gasteiger partial charge is 0.331 e. The summed E-state index contributed by atoms with van der Waals surface area (Å²) < 4.78 is 22.0. The molecule has 0 aliphatic carbocycles. The minimum Gasteiger partial charge on any atom is -0.486 e. The Kier molecular flexibility index (Phi) is 5.10. The van der Waals surface area contributed by atoms with Gasteiger partial charge in [0.2, 0.25) is 5.89 Å². The fourth-order valence-electron chi connectivity index (χ4n) is 2.78. The number of oxazole rings is 1. The average Bonchev–Trinajstić information content (AvgIpc) is 3.12. The summed E-state index contributed by atoms with van der Waals surface area (Å²) in [6.07, 6.45) is 3.05. The van der Waals surface area contributed by atoms with Crippen molar-refractivity contribution in [2.45, 2.75) is 13.5 Å². The number of rotatable bonds is 5. The van der Waals surface area contributed by atoms with Gasteiger partial charge >= 0.3 is 5.97 Å². The Morgan fingerprint density at radius 2 is 1.89 bits per heavy atom. The quantitative estimate of drug-likeness (QED) is 0.491. The topological polar surface area (TPSA) is 70.8 Å². The van der Waals surface area contributed by atoms with Gasteiger partial charge in [0.25, 0.3) is 0 Å². The number of carbonyl (C=O) groups excluding carboxylic acids is 1. The molecule has 0 saturated heterocycles. The monoisotopic (exact) mass is 377 g/mol. The zero-order valence-corrected chi connectivity index (χ0v) is 15.4. The van der Waals surface area contributed by atoms with Crippen LogP contribution in [0.3, 0.4) is 0 Å². The van der Waals surface area contributed by atoms with Crippen molar-refractivity contribution in [3.63, 3.8) is 0 Å². The summed E-state index contributed by atoms with van der Waals surface area (Å²) >= 11 is 0. The molecule has 0 saturated carbocycles. The molecule has 0 spiro atoms. The molecule has 0 bridgehead atoms. The maximum Gasteiger partial charge on any atom is 0.331 e. The van der Waals surface area contributed by atoms with E-state index in [1.165, 1.54) is 6.08 Å². The van der Waals surface area contributed by atoms with Crippen molar-refractivity contribution in [1.82, 2.24) is 4.98 Å². The van der Waals surface area contributed by atoms with Crippen molar-refractivity contribution in [3.8, 4) is 23.0 Å². The van der Waals surface area contributed by atoms with Gasteiger partial charge in [0.05, 0.1) is 0 Å². The van der Waals surface area contributed by atoms with Crippen LogP contribution in [0.2, 0.25) is 0 Å². The van der Waals surface area contributed by atoms with Crippen molar-refractivity contribution in [2.75, 3.05) is 13.2 Å². The number of ether oxygens (including phenoxy) is 3. The second-order valence-electron chi connectivity index (χ2n) is 6.23. The van der Waals surface area contributed by atoms with Gasteiger partial charge in [-0.2, -0.15) is 0 Å². The van der Waals surface area contributed by atoms with E-state index in [9.17, 15) is 4.79 Å². The summed E-state index contributed by atoms with van der Waals surface area (Å²) in [5.74, 6) is 2.06. The highest BCUT2D eigenvalue weighted by Gasteiger charge is 2.13. The van der Waals surface area contributed by atoms with E-state index < -0.39 is 5.97 Å². The van der Waals surface area contributed by atoms with Gasteiger partial charge in [-0.15, -0.1) is 0 Å². The molecule has 28 heavy (non-hydrogen) atoms. The second-order valence-corrected chi connectivity index (χ2v) is 6.23. The largest absolute Gasteiger partial charge is 0.486 e. The first-order valence-electron chi connectivity index (χ1n) is 8.95. The van der Waals surface area contributed by atoms with Gasteiger partial charge in [0.15, 0.2) is 11.5 Å². The molecule has 0 fully saturated rings. The van der Waals surface area contributed by atoms with Gasteiger partial charge in [-0.1, -0.05) is 24.3 Å². The van der Waals surface area contributed by atoms with Gasteiger partial charge in [-0.3, -0.25) is 0 Å². The van der Waals surface area contributed by atoms with Crippen LogP contribution in [0.1, 0.15) is 17.0 Å². The van der Waals surface area contributed by atoms with E-state index in [-0.39, 0.29) is 6.61 Å². The number of hydrogen-bond donors (Lipinski definition) is 0. The zero-order valence-electron chi connectivity index (χ0n) is 15.4. The van der Waals surface area contributed by atoms with Crippen LogP contribution in [0.5, 0.6) is 11.5 Å². The normalized spacial score (nSPS) is 12.9.